The van der Waals surface area contributed by atoms with E-state index < -0.39 is 0 Å². The van der Waals surface area contributed by atoms with E-state index in [-0.39, 0.29) is 0 Å². The molecule has 3 aromatic carbocycles. The molecule has 2 aromatic heterocycles. The van der Waals surface area contributed by atoms with Gasteiger partial charge in [0.2, 0.25) is 0 Å². The lowest BCUT2D eigenvalue weighted by Gasteiger charge is -2.06. The summed E-state index contributed by atoms with van der Waals surface area (Å²) in [5, 5.41) is 7.75. The first-order valence-corrected chi connectivity index (χ1v) is 9.70. The number of hydrogen-bond donors (Lipinski definition) is 0. The van der Waals surface area contributed by atoms with Gasteiger partial charge in [0.15, 0.2) is 0 Å². The van der Waals surface area contributed by atoms with Crippen LogP contribution in [0.1, 0.15) is 5.56 Å². The van der Waals surface area contributed by atoms with Crippen LogP contribution in [0.15, 0.2) is 72.9 Å². The van der Waals surface area contributed by atoms with E-state index in [1.165, 1.54) is 5.56 Å². The highest BCUT2D eigenvalue weighted by molar-refractivity contribution is 6.30. The van der Waals surface area contributed by atoms with E-state index >= 15 is 0 Å². The Morgan fingerprint density at radius 3 is 2.55 bits per heavy atom. The minimum absolute atomic E-state index is 0.695. The van der Waals surface area contributed by atoms with Crippen molar-refractivity contribution in [2.75, 3.05) is 7.11 Å². The van der Waals surface area contributed by atoms with Crippen LogP contribution in [0.4, 0.5) is 0 Å². The van der Waals surface area contributed by atoms with Gasteiger partial charge in [-0.2, -0.15) is 5.10 Å². The van der Waals surface area contributed by atoms with Crippen molar-refractivity contribution in [2.45, 2.75) is 6.92 Å². The Labute approximate surface area is 173 Å². The lowest BCUT2D eigenvalue weighted by Crippen LogP contribution is -1.97. The molecule has 5 aromatic rings. The molecule has 0 saturated carbocycles. The summed E-state index contributed by atoms with van der Waals surface area (Å²) in [4.78, 5) is 4.69. The van der Waals surface area contributed by atoms with Crippen molar-refractivity contribution in [2.24, 2.45) is 0 Å². The van der Waals surface area contributed by atoms with Crippen LogP contribution < -0.4 is 4.74 Å². The van der Waals surface area contributed by atoms with Crippen LogP contribution in [0.2, 0.25) is 5.02 Å². The van der Waals surface area contributed by atoms with E-state index in [2.05, 4.69) is 25.1 Å². The molecule has 0 aliphatic heterocycles. The van der Waals surface area contributed by atoms with Gasteiger partial charge < -0.3 is 4.74 Å². The molecule has 5 rings (SSSR count). The fourth-order valence-electron chi connectivity index (χ4n) is 3.65. The van der Waals surface area contributed by atoms with Gasteiger partial charge in [-0.15, -0.1) is 0 Å². The van der Waals surface area contributed by atoms with Gasteiger partial charge in [0.25, 0.3) is 0 Å². The summed E-state index contributed by atoms with van der Waals surface area (Å²) in [6, 6.07) is 21.9. The standard InChI is InChI=1S/C24H18ClN3O/c1-15-6-11-22-20(12-15)24-21(14-26-22)23(16-4-3-5-19(13-16)29-2)27-28(24)18-9-7-17(25)8-10-18/h3-14H,1-2H3. The van der Waals surface area contributed by atoms with E-state index in [4.69, 9.17) is 26.4 Å². The maximum Gasteiger partial charge on any atom is 0.119 e. The number of nitrogens with zero attached hydrogens (tertiary/aromatic N) is 3. The molecule has 0 amide bonds. The molecule has 29 heavy (non-hydrogen) atoms. The molecule has 0 fully saturated rings. The van der Waals surface area contributed by atoms with Crippen molar-refractivity contribution in [1.29, 1.82) is 0 Å². The van der Waals surface area contributed by atoms with Crippen LogP contribution >= 0.6 is 11.6 Å². The summed E-state index contributed by atoms with van der Waals surface area (Å²) in [6.07, 6.45) is 1.90. The van der Waals surface area contributed by atoms with Gasteiger partial charge in [-0.1, -0.05) is 35.4 Å². The maximum absolute atomic E-state index is 6.11. The number of hydrogen-bond acceptors (Lipinski definition) is 3. The van der Waals surface area contributed by atoms with Crippen molar-refractivity contribution in [1.82, 2.24) is 14.8 Å². The highest BCUT2D eigenvalue weighted by Gasteiger charge is 2.17. The number of rotatable bonds is 3. The molecule has 0 spiro atoms. The number of aromatic nitrogens is 3. The minimum atomic E-state index is 0.695. The molecule has 0 radical (unpaired) electrons. The van der Waals surface area contributed by atoms with Crippen LogP contribution in [0, 0.1) is 6.92 Å². The molecular weight excluding hydrogens is 382 g/mol. The number of halogens is 1. The van der Waals surface area contributed by atoms with Gasteiger partial charge >= 0.3 is 0 Å². The molecule has 0 unspecified atom stereocenters. The molecule has 0 aliphatic rings. The molecule has 4 nitrogen and oxygen atoms in total. The van der Waals surface area contributed by atoms with Crippen molar-refractivity contribution >= 4 is 33.4 Å². The Hall–Kier alpha value is -3.37. The van der Waals surface area contributed by atoms with Crippen molar-refractivity contribution < 1.29 is 4.74 Å². The van der Waals surface area contributed by atoms with Gasteiger partial charge in [-0.3, -0.25) is 4.98 Å². The van der Waals surface area contributed by atoms with Gasteiger partial charge in [-0.05, 0) is 55.5 Å². The molecule has 0 aliphatic carbocycles. The Morgan fingerprint density at radius 1 is 0.931 bits per heavy atom. The molecule has 142 valence electrons. The fraction of sp³-hybridized carbons (Fsp3) is 0.0833. The summed E-state index contributed by atoms with van der Waals surface area (Å²) in [6.45, 7) is 2.09. The highest BCUT2D eigenvalue weighted by Crippen LogP contribution is 2.35. The van der Waals surface area contributed by atoms with Crippen LogP contribution in [0.25, 0.3) is 38.8 Å². The second-order valence-corrected chi connectivity index (χ2v) is 7.45. The van der Waals surface area contributed by atoms with Crippen LogP contribution in [-0.4, -0.2) is 21.9 Å². The van der Waals surface area contributed by atoms with Crippen LogP contribution in [-0.2, 0) is 0 Å². The zero-order valence-corrected chi connectivity index (χ0v) is 16.8. The minimum Gasteiger partial charge on any atom is -0.497 e. The number of aryl methyl sites for hydroxylation is 1. The number of methoxy groups -OCH3 is 1. The lowest BCUT2D eigenvalue weighted by molar-refractivity contribution is 0.415. The van der Waals surface area contributed by atoms with Crippen LogP contribution in [0.5, 0.6) is 5.75 Å². The predicted molar refractivity (Wildman–Crippen MR) is 118 cm³/mol. The first-order chi connectivity index (χ1) is 14.1. The Morgan fingerprint density at radius 2 is 1.76 bits per heavy atom. The summed E-state index contributed by atoms with van der Waals surface area (Å²) in [5.74, 6) is 0.793. The zero-order chi connectivity index (χ0) is 20.0. The second kappa shape index (κ2) is 6.90. The van der Waals surface area contributed by atoms with E-state index in [0.717, 1.165) is 44.5 Å². The van der Waals surface area contributed by atoms with E-state index in [0.29, 0.717) is 5.02 Å². The fourth-order valence-corrected chi connectivity index (χ4v) is 3.78. The predicted octanol–water partition coefficient (Wildman–Crippen LogP) is 6.21. The van der Waals surface area contributed by atoms with Crippen molar-refractivity contribution in [3.63, 3.8) is 0 Å². The molecule has 0 bridgehead atoms. The SMILES string of the molecule is COc1cccc(-c2nn(-c3ccc(Cl)cc3)c3c2cnc2ccc(C)cc23)c1. The lowest BCUT2D eigenvalue weighted by atomic mass is 10.1. The van der Waals surface area contributed by atoms with Gasteiger partial charge in [0.1, 0.15) is 11.4 Å². The van der Waals surface area contributed by atoms with Gasteiger partial charge in [0, 0.05) is 27.6 Å². The van der Waals surface area contributed by atoms with Crippen molar-refractivity contribution in [3.05, 3.63) is 83.5 Å². The van der Waals surface area contributed by atoms with E-state index in [1.807, 2.05) is 59.4 Å². The first kappa shape index (κ1) is 17.7. The number of pyridine rings is 1. The highest BCUT2D eigenvalue weighted by atomic mass is 35.5. The maximum atomic E-state index is 6.11. The largest absolute Gasteiger partial charge is 0.497 e. The number of benzene rings is 3. The molecule has 2 heterocycles. The summed E-state index contributed by atoms with van der Waals surface area (Å²) in [7, 11) is 1.67. The monoisotopic (exact) mass is 399 g/mol. The molecule has 0 saturated heterocycles. The zero-order valence-electron chi connectivity index (χ0n) is 16.1. The first-order valence-electron chi connectivity index (χ1n) is 9.32. The van der Waals surface area contributed by atoms with Gasteiger partial charge in [-0.25, -0.2) is 4.68 Å². The third kappa shape index (κ3) is 3.02. The molecular formula is C24H18ClN3O. The van der Waals surface area contributed by atoms with Crippen LogP contribution in [0.3, 0.4) is 0 Å². The quantitative estimate of drug-likeness (QED) is 0.362. The Bertz CT molecular complexity index is 1360. The third-order valence-corrected chi connectivity index (χ3v) is 5.33. The summed E-state index contributed by atoms with van der Waals surface area (Å²) < 4.78 is 7.39. The van der Waals surface area contributed by atoms with E-state index in [9.17, 15) is 0 Å². The number of fused-ring (bicyclic) bond motifs is 3. The number of ether oxygens (including phenoxy) is 1. The Kier molecular flexibility index (Phi) is 4.22. The van der Waals surface area contributed by atoms with Crippen molar-refractivity contribution in [3.8, 4) is 22.7 Å². The average molecular weight is 400 g/mol. The molecule has 0 N–H and O–H groups in total. The summed E-state index contributed by atoms with van der Waals surface area (Å²) in [5.41, 5.74) is 5.94. The normalized spacial score (nSPS) is 11.3. The smallest absolute Gasteiger partial charge is 0.119 e. The topological polar surface area (TPSA) is 39.9 Å². The summed E-state index contributed by atoms with van der Waals surface area (Å²) >= 11 is 6.11. The molecule has 5 heteroatoms. The Balaban J connectivity index is 1.89. The van der Waals surface area contributed by atoms with Gasteiger partial charge in [0.05, 0.1) is 23.8 Å². The van der Waals surface area contributed by atoms with E-state index in [1.54, 1.807) is 7.11 Å². The second-order valence-electron chi connectivity index (χ2n) is 7.01. The third-order valence-electron chi connectivity index (χ3n) is 5.08. The average Bonchev–Trinajstić information content (AvgIpc) is 3.14. The molecule has 0 atom stereocenters.